The molecule has 26 heavy (non-hydrogen) atoms. The van der Waals surface area contributed by atoms with Crippen LogP contribution in [0, 0.1) is 0 Å². The Bertz CT molecular complexity index is 856. The van der Waals surface area contributed by atoms with Gasteiger partial charge in [-0.2, -0.15) is 4.31 Å². The molecule has 1 aromatic carbocycles. The summed E-state index contributed by atoms with van der Waals surface area (Å²) in [7, 11) is -3.54. The molecule has 0 aliphatic carbocycles. The van der Waals surface area contributed by atoms with Crippen molar-refractivity contribution in [3.8, 4) is 0 Å². The topological polar surface area (TPSA) is 83.7 Å². The van der Waals surface area contributed by atoms with E-state index in [1.165, 1.54) is 28.2 Å². The third-order valence-corrected chi connectivity index (χ3v) is 6.98. The number of thioether (sulfide) groups is 1. The van der Waals surface area contributed by atoms with Crippen molar-refractivity contribution in [2.24, 2.45) is 0 Å². The van der Waals surface area contributed by atoms with Gasteiger partial charge in [-0.15, -0.1) is 0 Å². The summed E-state index contributed by atoms with van der Waals surface area (Å²) in [4.78, 5) is 18.3. The molecule has 0 bridgehead atoms. The lowest BCUT2D eigenvalue weighted by atomic mass is 10.3. The molecule has 1 aromatic heterocycles. The van der Waals surface area contributed by atoms with E-state index in [0.29, 0.717) is 42.5 Å². The van der Waals surface area contributed by atoms with E-state index in [1.807, 2.05) is 13.8 Å². The summed E-state index contributed by atoms with van der Waals surface area (Å²) in [5.74, 6) is 0.256. The molecule has 0 spiro atoms. The highest BCUT2D eigenvalue weighted by molar-refractivity contribution is 7.99. The van der Waals surface area contributed by atoms with Crippen LogP contribution in [0.5, 0.6) is 0 Å². The highest BCUT2D eigenvalue weighted by Gasteiger charge is 2.23. The van der Waals surface area contributed by atoms with Crippen LogP contribution in [-0.4, -0.2) is 60.4 Å². The minimum atomic E-state index is -3.54. The van der Waals surface area contributed by atoms with Crippen molar-refractivity contribution < 1.29 is 17.6 Å². The van der Waals surface area contributed by atoms with Crippen molar-refractivity contribution in [3.63, 3.8) is 0 Å². The second kappa shape index (κ2) is 8.88. The molecule has 9 heteroatoms. The molecule has 0 aliphatic heterocycles. The average molecular weight is 400 g/mol. The first kappa shape index (κ1) is 20.7. The molecule has 1 amide bonds. The number of hydrogen-bond acceptors (Lipinski definition) is 6. The highest BCUT2D eigenvalue weighted by Crippen LogP contribution is 2.26. The van der Waals surface area contributed by atoms with E-state index in [4.69, 9.17) is 4.42 Å². The molecule has 0 unspecified atom stereocenters. The van der Waals surface area contributed by atoms with Crippen molar-refractivity contribution >= 4 is 38.8 Å². The van der Waals surface area contributed by atoms with E-state index in [2.05, 4.69) is 4.98 Å². The number of benzene rings is 1. The van der Waals surface area contributed by atoms with Crippen LogP contribution in [0.4, 0.5) is 0 Å². The fourth-order valence-corrected chi connectivity index (χ4v) is 4.83. The zero-order valence-corrected chi connectivity index (χ0v) is 17.2. The van der Waals surface area contributed by atoms with Crippen LogP contribution in [-0.2, 0) is 14.8 Å². The predicted octanol–water partition coefficient (Wildman–Crippen LogP) is 2.82. The molecular weight excluding hydrogens is 374 g/mol. The number of hydrogen-bond donors (Lipinski definition) is 0. The number of amides is 1. The van der Waals surface area contributed by atoms with E-state index in [0.717, 1.165) is 0 Å². The van der Waals surface area contributed by atoms with Crippen LogP contribution in [0.25, 0.3) is 11.1 Å². The van der Waals surface area contributed by atoms with Gasteiger partial charge >= 0.3 is 0 Å². The molecule has 1 heterocycles. The van der Waals surface area contributed by atoms with Gasteiger partial charge in [-0.3, -0.25) is 4.79 Å². The zero-order chi connectivity index (χ0) is 19.3. The molecule has 0 aliphatic rings. The van der Waals surface area contributed by atoms with Crippen molar-refractivity contribution in [2.45, 2.75) is 37.8 Å². The number of aromatic nitrogens is 1. The normalized spacial score (nSPS) is 12.0. The van der Waals surface area contributed by atoms with Gasteiger partial charge in [0.15, 0.2) is 5.58 Å². The van der Waals surface area contributed by atoms with Gasteiger partial charge in [0.2, 0.25) is 15.9 Å². The second-order valence-electron chi connectivity index (χ2n) is 5.55. The predicted molar refractivity (Wildman–Crippen MR) is 103 cm³/mol. The number of carbonyl (C=O) groups excluding carboxylic acids is 1. The molecule has 2 aromatic rings. The van der Waals surface area contributed by atoms with Crippen molar-refractivity contribution in [1.82, 2.24) is 14.2 Å². The lowest BCUT2D eigenvalue weighted by Gasteiger charge is -2.18. The number of nitrogens with zero attached hydrogens (tertiary/aromatic N) is 3. The van der Waals surface area contributed by atoms with Gasteiger partial charge in [0.25, 0.3) is 5.22 Å². The first-order chi connectivity index (χ1) is 12.4. The molecule has 0 N–H and O–H groups in total. The Labute approximate surface area is 158 Å². The van der Waals surface area contributed by atoms with Gasteiger partial charge in [-0.05, 0) is 32.0 Å². The van der Waals surface area contributed by atoms with E-state index in [1.54, 1.807) is 24.8 Å². The third kappa shape index (κ3) is 4.39. The van der Waals surface area contributed by atoms with Crippen LogP contribution >= 0.6 is 11.8 Å². The first-order valence-electron chi connectivity index (χ1n) is 8.68. The molecule has 0 radical (unpaired) electrons. The average Bonchev–Trinajstić information content (AvgIpc) is 3.04. The maximum absolute atomic E-state index is 12.6. The molecule has 0 atom stereocenters. The van der Waals surface area contributed by atoms with Crippen molar-refractivity contribution in [3.05, 3.63) is 18.2 Å². The SMILES string of the molecule is CCN(CC)C(=O)CSc1nc2cc(S(=O)(=O)N(CC)CC)ccc2o1. The summed E-state index contributed by atoms with van der Waals surface area (Å²) in [6.07, 6.45) is 0. The Kier molecular flexibility index (Phi) is 7.08. The van der Waals surface area contributed by atoms with E-state index >= 15 is 0 Å². The summed E-state index contributed by atoms with van der Waals surface area (Å²) in [6, 6.07) is 4.65. The first-order valence-corrected chi connectivity index (χ1v) is 11.1. The zero-order valence-electron chi connectivity index (χ0n) is 15.6. The summed E-state index contributed by atoms with van der Waals surface area (Å²) in [5, 5.41) is 0.359. The third-order valence-electron chi connectivity index (χ3n) is 4.12. The van der Waals surface area contributed by atoms with Gasteiger partial charge in [0.05, 0.1) is 10.6 Å². The largest absolute Gasteiger partial charge is 0.431 e. The summed E-state index contributed by atoms with van der Waals surface area (Å²) in [6.45, 7) is 9.61. The number of sulfonamides is 1. The van der Waals surface area contributed by atoms with Crippen LogP contribution in [0.3, 0.4) is 0 Å². The summed E-state index contributed by atoms with van der Waals surface area (Å²) < 4.78 is 32.2. The van der Waals surface area contributed by atoms with Crippen LogP contribution in [0.1, 0.15) is 27.7 Å². The second-order valence-corrected chi connectivity index (χ2v) is 8.42. The van der Waals surface area contributed by atoms with Gasteiger partial charge < -0.3 is 9.32 Å². The van der Waals surface area contributed by atoms with Crippen LogP contribution in [0.2, 0.25) is 0 Å². The van der Waals surface area contributed by atoms with Crippen molar-refractivity contribution in [2.75, 3.05) is 31.9 Å². The Morgan fingerprint density at radius 2 is 1.77 bits per heavy atom. The van der Waals surface area contributed by atoms with Crippen molar-refractivity contribution in [1.29, 1.82) is 0 Å². The minimum Gasteiger partial charge on any atom is -0.431 e. The fraction of sp³-hybridized carbons (Fsp3) is 0.529. The smallest absolute Gasteiger partial charge is 0.257 e. The number of fused-ring (bicyclic) bond motifs is 1. The van der Waals surface area contributed by atoms with Gasteiger partial charge in [0, 0.05) is 26.2 Å². The van der Waals surface area contributed by atoms with Crippen LogP contribution in [0.15, 0.2) is 32.7 Å². The maximum atomic E-state index is 12.6. The van der Waals surface area contributed by atoms with Crippen LogP contribution < -0.4 is 0 Å². The lowest BCUT2D eigenvalue weighted by Crippen LogP contribution is -2.31. The Morgan fingerprint density at radius 3 is 2.35 bits per heavy atom. The quantitative estimate of drug-likeness (QED) is 0.603. The minimum absolute atomic E-state index is 0.0204. The summed E-state index contributed by atoms with van der Waals surface area (Å²) >= 11 is 1.21. The van der Waals surface area contributed by atoms with E-state index in [9.17, 15) is 13.2 Å². The number of rotatable bonds is 9. The highest BCUT2D eigenvalue weighted by atomic mass is 32.2. The van der Waals surface area contributed by atoms with E-state index < -0.39 is 10.0 Å². The maximum Gasteiger partial charge on any atom is 0.257 e. The monoisotopic (exact) mass is 399 g/mol. The molecule has 144 valence electrons. The Hall–Kier alpha value is -1.58. The van der Waals surface area contributed by atoms with Gasteiger partial charge in [0.1, 0.15) is 5.52 Å². The molecule has 0 saturated carbocycles. The molecule has 7 nitrogen and oxygen atoms in total. The van der Waals surface area contributed by atoms with Gasteiger partial charge in [-0.25, -0.2) is 13.4 Å². The lowest BCUT2D eigenvalue weighted by molar-refractivity contribution is -0.127. The molecule has 2 rings (SSSR count). The van der Waals surface area contributed by atoms with Gasteiger partial charge in [-0.1, -0.05) is 25.6 Å². The Morgan fingerprint density at radius 1 is 1.12 bits per heavy atom. The standard InChI is InChI=1S/C17H25N3O4S2/c1-5-19(6-2)16(21)12-25-17-18-14-11-13(9-10-15(14)24-17)26(22,23)20(7-3)8-4/h9-11H,5-8,12H2,1-4H3. The number of carbonyl (C=O) groups is 1. The van der Waals surface area contributed by atoms with E-state index in [-0.39, 0.29) is 16.6 Å². The Balaban J connectivity index is 2.21. The molecule has 0 saturated heterocycles. The molecule has 0 fully saturated rings. The molecular formula is C17H25N3O4S2. The fourth-order valence-electron chi connectivity index (χ4n) is 2.61. The number of oxazole rings is 1. The summed E-state index contributed by atoms with van der Waals surface area (Å²) in [5.41, 5.74) is 0.970.